The summed E-state index contributed by atoms with van der Waals surface area (Å²) in [4.78, 5) is 7.45. The molecule has 4 heteroatoms. The van der Waals surface area contributed by atoms with Gasteiger partial charge in [0.2, 0.25) is 0 Å². The standard InChI is InChI=1S/C14H24N4/c1-16-7-9-18(10-8-16)14(12-15)4-6-17-5-2-3-13(17)11-14/h13H,2-11H2,1H3. The fourth-order valence-electron chi connectivity index (χ4n) is 3.94. The van der Waals surface area contributed by atoms with Crippen molar-refractivity contribution in [3.05, 3.63) is 0 Å². The number of piperazine rings is 1. The topological polar surface area (TPSA) is 33.5 Å². The van der Waals surface area contributed by atoms with Gasteiger partial charge in [0.15, 0.2) is 0 Å². The van der Waals surface area contributed by atoms with Crippen LogP contribution in [-0.2, 0) is 0 Å². The van der Waals surface area contributed by atoms with Crippen molar-refractivity contribution >= 4 is 0 Å². The van der Waals surface area contributed by atoms with E-state index in [1.807, 2.05) is 0 Å². The SMILES string of the molecule is CN1CCN(C2(C#N)CCN3CCCC3C2)CC1. The zero-order valence-electron chi connectivity index (χ0n) is 11.4. The van der Waals surface area contributed by atoms with Crippen LogP contribution < -0.4 is 0 Å². The van der Waals surface area contributed by atoms with Crippen molar-refractivity contribution in [2.45, 2.75) is 37.3 Å². The summed E-state index contributed by atoms with van der Waals surface area (Å²) in [7, 11) is 2.18. The lowest BCUT2D eigenvalue weighted by Gasteiger charge is -2.48. The molecule has 0 aromatic rings. The first-order chi connectivity index (χ1) is 8.73. The number of likely N-dealkylation sites (N-methyl/N-ethyl adjacent to an activating group) is 1. The number of hydrogen-bond acceptors (Lipinski definition) is 4. The molecule has 0 radical (unpaired) electrons. The molecule has 0 aromatic carbocycles. The molecular weight excluding hydrogens is 224 g/mol. The van der Waals surface area contributed by atoms with Crippen LogP contribution in [0.3, 0.4) is 0 Å². The van der Waals surface area contributed by atoms with Gasteiger partial charge in [-0.2, -0.15) is 5.26 Å². The van der Waals surface area contributed by atoms with Crippen molar-refractivity contribution in [1.82, 2.24) is 14.7 Å². The lowest BCUT2D eigenvalue weighted by atomic mass is 9.82. The van der Waals surface area contributed by atoms with Gasteiger partial charge in [-0.05, 0) is 39.3 Å². The zero-order chi connectivity index (χ0) is 12.6. The first kappa shape index (κ1) is 12.4. The van der Waals surface area contributed by atoms with Crippen molar-refractivity contribution in [3.63, 3.8) is 0 Å². The minimum Gasteiger partial charge on any atom is -0.304 e. The highest BCUT2D eigenvalue weighted by Gasteiger charge is 2.45. The Labute approximate surface area is 110 Å². The summed E-state index contributed by atoms with van der Waals surface area (Å²) in [6, 6.07) is 3.37. The molecule has 100 valence electrons. The predicted octanol–water partition coefficient (Wildman–Crippen LogP) is 0.754. The third kappa shape index (κ3) is 2.05. The summed E-state index contributed by atoms with van der Waals surface area (Å²) < 4.78 is 0. The predicted molar refractivity (Wildman–Crippen MR) is 71.2 cm³/mol. The first-order valence-electron chi connectivity index (χ1n) is 7.32. The van der Waals surface area contributed by atoms with Crippen molar-refractivity contribution in [1.29, 1.82) is 5.26 Å². The van der Waals surface area contributed by atoms with Crippen molar-refractivity contribution in [2.75, 3.05) is 46.3 Å². The Hall–Kier alpha value is -0.630. The van der Waals surface area contributed by atoms with Gasteiger partial charge in [0.1, 0.15) is 5.54 Å². The normalized spacial score (nSPS) is 39.4. The van der Waals surface area contributed by atoms with Crippen LogP contribution in [0, 0.1) is 11.3 Å². The van der Waals surface area contributed by atoms with Gasteiger partial charge in [-0.3, -0.25) is 4.90 Å². The molecule has 3 aliphatic rings. The van der Waals surface area contributed by atoms with Crippen LogP contribution in [0.2, 0.25) is 0 Å². The van der Waals surface area contributed by atoms with E-state index >= 15 is 0 Å². The Morgan fingerprint density at radius 1 is 1.11 bits per heavy atom. The number of nitriles is 1. The molecule has 3 rings (SSSR count). The number of hydrogen-bond donors (Lipinski definition) is 0. The minimum atomic E-state index is -0.160. The Balaban J connectivity index is 1.72. The fourth-order valence-corrected chi connectivity index (χ4v) is 3.94. The van der Waals surface area contributed by atoms with Crippen LogP contribution in [0.15, 0.2) is 0 Å². The van der Waals surface area contributed by atoms with E-state index in [9.17, 15) is 5.26 Å². The van der Waals surface area contributed by atoms with Gasteiger partial charge >= 0.3 is 0 Å². The maximum Gasteiger partial charge on any atom is 0.112 e. The summed E-state index contributed by atoms with van der Waals surface area (Å²) in [5, 5.41) is 9.76. The molecule has 0 amide bonds. The average molecular weight is 248 g/mol. The van der Waals surface area contributed by atoms with Gasteiger partial charge in [-0.15, -0.1) is 0 Å². The molecule has 18 heavy (non-hydrogen) atoms. The van der Waals surface area contributed by atoms with E-state index in [4.69, 9.17) is 0 Å². The van der Waals surface area contributed by atoms with Crippen LogP contribution >= 0.6 is 0 Å². The maximum absolute atomic E-state index is 9.76. The summed E-state index contributed by atoms with van der Waals surface area (Å²) in [5.74, 6) is 0. The third-order valence-electron chi connectivity index (χ3n) is 5.20. The number of rotatable bonds is 1. The van der Waals surface area contributed by atoms with Crippen LogP contribution in [0.5, 0.6) is 0 Å². The first-order valence-corrected chi connectivity index (χ1v) is 7.32. The van der Waals surface area contributed by atoms with Gasteiger partial charge in [-0.1, -0.05) is 0 Å². The molecule has 3 fully saturated rings. The lowest BCUT2D eigenvalue weighted by molar-refractivity contribution is 0.0147. The van der Waals surface area contributed by atoms with Crippen LogP contribution in [0.4, 0.5) is 0 Å². The van der Waals surface area contributed by atoms with Crippen LogP contribution in [0.1, 0.15) is 25.7 Å². The second kappa shape index (κ2) is 4.80. The Morgan fingerprint density at radius 2 is 1.89 bits per heavy atom. The Bertz CT molecular complexity index is 342. The Kier molecular flexibility index (Phi) is 3.31. The molecule has 0 N–H and O–H groups in total. The lowest BCUT2D eigenvalue weighted by Crippen LogP contribution is -2.60. The van der Waals surface area contributed by atoms with Crippen molar-refractivity contribution in [2.24, 2.45) is 0 Å². The molecule has 0 saturated carbocycles. The summed E-state index contributed by atoms with van der Waals surface area (Å²) >= 11 is 0. The number of piperidine rings is 1. The van der Waals surface area contributed by atoms with E-state index in [0.29, 0.717) is 6.04 Å². The van der Waals surface area contributed by atoms with E-state index in [-0.39, 0.29) is 5.54 Å². The zero-order valence-corrected chi connectivity index (χ0v) is 11.4. The highest BCUT2D eigenvalue weighted by atomic mass is 15.3. The van der Waals surface area contributed by atoms with Crippen LogP contribution in [-0.4, -0.2) is 72.6 Å². The van der Waals surface area contributed by atoms with E-state index in [0.717, 1.165) is 45.6 Å². The van der Waals surface area contributed by atoms with Gasteiger partial charge in [0.25, 0.3) is 0 Å². The number of nitrogens with zero attached hydrogens (tertiary/aromatic N) is 4. The molecule has 2 unspecified atom stereocenters. The molecule has 0 aromatic heterocycles. The smallest absolute Gasteiger partial charge is 0.112 e. The molecule has 3 saturated heterocycles. The molecular formula is C14H24N4. The highest BCUT2D eigenvalue weighted by Crippen LogP contribution is 2.36. The third-order valence-corrected chi connectivity index (χ3v) is 5.20. The Morgan fingerprint density at radius 3 is 2.61 bits per heavy atom. The quantitative estimate of drug-likeness (QED) is 0.686. The molecule has 2 atom stereocenters. The van der Waals surface area contributed by atoms with Gasteiger partial charge in [0, 0.05) is 38.8 Å². The molecule has 4 nitrogen and oxygen atoms in total. The van der Waals surface area contributed by atoms with Crippen molar-refractivity contribution in [3.8, 4) is 6.07 Å². The summed E-state index contributed by atoms with van der Waals surface area (Å²) in [6.45, 7) is 6.74. The number of fused-ring (bicyclic) bond motifs is 1. The molecule has 3 heterocycles. The van der Waals surface area contributed by atoms with E-state index in [2.05, 4.69) is 27.8 Å². The second-order valence-corrected chi connectivity index (χ2v) is 6.22. The largest absolute Gasteiger partial charge is 0.304 e. The van der Waals surface area contributed by atoms with Gasteiger partial charge < -0.3 is 9.80 Å². The van der Waals surface area contributed by atoms with E-state index < -0.39 is 0 Å². The van der Waals surface area contributed by atoms with Crippen LogP contribution in [0.25, 0.3) is 0 Å². The monoisotopic (exact) mass is 248 g/mol. The fraction of sp³-hybridized carbons (Fsp3) is 0.929. The van der Waals surface area contributed by atoms with E-state index in [1.165, 1.54) is 19.4 Å². The van der Waals surface area contributed by atoms with Gasteiger partial charge in [-0.25, -0.2) is 0 Å². The summed E-state index contributed by atoms with van der Waals surface area (Å²) in [6.07, 6.45) is 4.75. The van der Waals surface area contributed by atoms with Crippen molar-refractivity contribution < 1.29 is 0 Å². The maximum atomic E-state index is 9.76. The highest BCUT2D eigenvalue weighted by molar-refractivity contribution is 5.14. The molecule has 0 bridgehead atoms. The minimum absolute atomic E-state index is 0.160. The molecule has 0 spiro atoms. The average Bonchev–Trinajstić information content (AvgIpc) is 2.86. The second-order valence-electron chi connectivity index (χ2n) is 6.22. The molecule has 3 aliphatic heterocycles. The molecule has 0 aliphatic carbocycles. The summed E-state index contributed by atoms with van der Waals surface area (Å²) in [5.41, 5.74) is -0.160. The van der Waals surface area contributed by atoms with E-state index in [1.54, 1.807) is 0 Å². The van der Waals surface area contributed by atoms with Gasteiger partial charge in [0.05, 0.1) is 6.07 Å².